The number of fused-ring (bicyclic) bond motifs is 1. The van der Waals surface area contributed by atoms with Crippen molar-refractivity contribution in [1.82, 2.24) is 19.6 Å². The van der Waals surface area contributed by atoms with E-state index in [9.17, 15) is 0 Å². The average Bonchev–Trinajstić information content (AvgIpc) is 2.95. The van der Waals surface area contributed by atoms with Gasteiger partial charge in [0.15, 0.2) is 5.82 Å². The van der Waals surface area contributed by atoms with Crippen molar-refractivity contribution >= 4 is 22.7 Å². The molecular weight excluding hydrogens is 258 g/mol. The van der Waals surface area contributed by atoms with Crippen LogP contribution >= 0.6 is 11.3 Å². The predicted octanol–water partition coefficient (Wildman–Crippen LogP) is 2.46. The van der Waals surface area contributed by atoms with E-state index in [4.69, 9.17) is 0 Å². The van der Waals surface area contributed by atoms with Crippen LogP contribution < -0.4 is 5.32 Å². The maximum Gasteiger partial charge on any atom is 0.152 e. The zero-order valence-electron chi connectivity index (χ0n) is 10.9. The van der Waals surface area contributed by atoms with E-state index in [2.05, 4.69) is 25.8 Å². The number of aryl methyl sites for hydroxylation is 2. The lowest BCUT2D eigenvalue weighted by molar-refractivity contribution is 0.915. The van der Waals surface area contributed by atoms with E-state index in [0.29, 0.717) is 0 Å². The van der Waals surface area contributed by atoms with Gasteiger partial charge in [-0.05, 0) is 19.9 Å². The van der Waals surface area contributed by atoms with E-state index in [-0.39, 0.29) is 0 Å². The molecule has 0 bridgehead atoms. The minimum absolute atomic E-state index is 0.823. The lowest BCUT2D eigenvalue weighted by Crippen LogP contribution is -2.07. The molecular formula is C13H15N5S. The Morgan fingerprint density at radius 2 is 2.21 bits per heavy atom. The van der Waals surface area contributed by atoms with Crippen molar-refractivity contribution in [3.05, 3.63) is 40.2 Å². The van der Waals surface area contributed by atoms with Crippen LogP contribution in [0, 0.1) is 13.8 Å². The van der Waals surface area contributed by atoms with Gasteiger partial charge >= 0.3 is 0 Å². The largest absolute Gasteiger partial charge is 0.368 e. The normalized spacial score (nSPS) is 11.1. The van der Waals surface area contributed by atoms with Crippen LogP contribution in [0.1, 0.15) is 16.4 Å². The van der Waals surface area contributed by atoms with Gasteiger partial charge in [-0.3, -0.25) is 0 Å². The molecule has 0 unspecified atom stereocenters. The first kappa shape index (κ1) is 12.1. The fourth-order valence-electron chi connectivity index (χ4n) is 1.99. The van der Waals surface area contributed by atoms with Gasteiger partial charge in [-0.25, -0.2) is 14.5 Å². The number of aromatic nitrogens is 4. The molecule has 0 radical (unpaired) electrons. The lowest BCUT2D eigenvalue weighted by Gasteiger charge is -2.05. The smallest absolute Gasteiger partial charge is 0.152 e. The highest BCUT2D eigenvalue weighted by atomic mass is 32.1. The van der Waals surface area contributed by atoms with E-state index in [1.807, 2.05) is 30.6 Å². The molecule has 0 saturated carbocycles. The average molecular weight is 273 g/mol. The van der Waals surface area contributed by atoms with Crippen LogP contribution in [0.25, 0.3) is 5.52 Å². The molecule has 0 aliphatic heterocycles. The Morgan fingerprint density at radius 1 is 1.32 bits per heavy atom. The predicted molar refractivity (Wildman–Crippen MR) is 76.8 cm³/mol. The molecule has 0 spiro atoms. The van der Waals surface area contributed by atoms with Crippen LogP contribution in [0.3, 0.4) is 0 Å². The summed E-state index contributed by atoms with van der Waals surface area (Å²) in [5, 5.41) is 11.0. The zero-order valence-corrected chi connectivity index (χ0v) is 11.7. The van der Waals surface area contributed by atoms with Gasteiger partial charge in [0.2, 0.25) is 0 Å². The molecule has 98 valence electrons. The number of nitrogens with one attached hydrogen (secondary N) is 1. The second kappa shape index (κ2) is 4.97. The third-order valence-electron chi connectivity index (χ3n) is 2.81. The Kier molecular flexibility index (Phi) is 3.16. The van der Waals surface area contributed by atoms with Gasteiger partial charge in [-0.1, -0.05) is 0 Å². The number of hydrogen-bond acceptors (Lipinski definition) is 5. The first-order valence-electron chi connectivity index (χ1n) is 6.18. The fourth-order valence-corrected chi connectivity index (χ4v) is 2.76. The highest BCUT2D eigenvalue weighted by Crippen LogP contribution is 2.15. The minimum Gasteiger partial charge on any atom is -0.368 e. The Bertz CT molecular complexity index is 700. The maximum atomic E-state index is 4.45. The van der Waals surface area contributed by atoms with Gasteiger partial charge in [0.1, 0.15) is 5.52 Å². The molecule has 19 heavy (non-hydrogen) atoms. The summed E-state index contributed by atoms with van der Waals surface area (Å²) in [4.78, 5) is 8.82. The first-order valence-corrected chi connectivity index (χ1v) is 7.06. The van der Waals surface area contributed by atoms with Crippen LogP contribution in [0.5, 0.6) is 0 Å². The van der Waals surface area contributed by atoms with Crippen molar-refractivity contribution in [3.63, 3.8) is 0 Å². The second-order valence-electron chi connectivity index (χ2n) is 4.45. The van der Waals surface area contributed by atoms with E-state index >= 15 is 0 Å². The van der Waals surface area contributed by atoms with Crippen molar-refractivity contribution in [2.24, 2.45) is 0 Å². The molecule has 3 aromatic heterocycles. The van der Waals surface area contributed by atoms with Crippen LogP contribution in [0.4, 0.5) is 5.82 Å². The van der Waals surface area contributed by atoms with Crippen LogP contribution in [-0.2, 0) is 6.42 Å². The SMILES string of the molecule is Cc1csc(CCNc2nccn3nc(C)cc23)n1. The topological polar surface area (TPSA) is 55.1 Å². The van der Waals surface area contributed by atoms with Crippen LogP contribution in [0.15, 0.2) is 23.8 Å². The molecule has 3 rings (SSSR count). The molecule has 0 aliphatic rings. The van der Waals surface area contributed by atoms with E-state index in [1.165, 1.54) is 0 Å². The van der Waals surface area contributed by atoms with Crippen molar-refractivity contribution in [3.8, 4) is 0 Å². The summed E-state index contributed by atoms with van der Waals surface area (Å²) in [6, 6.07) is 2.03. The number of anilines is 1. The molecule has 1 N–H and O–H groups in total. The summed E-state index contributed by atoms with van der Waals surface area (Å²) < 4.78 is 1.85. The molecule has 3 heterocycles. The second-order valence-corrected chi connectivity index (χ2v) is 5.39. The summed E-state index contributed by atoms with van der Waals surface area (Å²) in [5.41, 5.74) is 3.09. The number of hydrogen-bond donors (Lipinski definition) is 1. The summed E-state index contributed by atoms with van der Waals surface area (Å²) in [6.07, 6.45) is 4.53. The van der Waals surface area contributed by atoms with Gasteiger partial charge in [-0.15, -0.1) is 11.3 Å². The standard InChI is InChI=1S/C13H15N5S/c1-9-7-11-13(15-5-6-18(11)17-9)14-4-3-12-16-10(2)8-19-12/h5-8H,3-4H2,1-2H3,(H,14,15). The van der Waals surface area contributed by atoms with Crippen LogP contribution in [0.2, 0.25) is 0 Å². The van der Waals surface area contributed by atoms with Gasteiger partial charge in [0.25, 0.3) is 0 Å². The number of rotatable bonds is 4. The van der Waals surface area contributed by atoms with E-state index < -0.39 is 0 Å². The summed E-state index contributed by atoms with van der Waals surface area (Å²) >= 11 is 1.70. The third kappa shape index (κ3) is 2.58. The van der Waals surface area contributed by atoms with Crippen LogP contribution in [-0.4, -0.2) is 26.1 Å². The number of thiazole rings is 1. The summed E-state index contributed by atoms with van der Waals surface area (Å²) in [6.45, 7) is 4.82. The zero-order chi connectivity index (χ0) is 13.2. The van der Waals surface area contributed by atoms with Crippen molar-refractivity contribution in [2.75, 3.05) is 11.9 Å². The molecule has 3 aromatic rings. The monoisotopic (exact) mass is 273 g/mol. The fraction of sp³-hybridized carbons (Fsp3) is 0.308. The molecule has 0 fully saturated rings. The Balaban J connectivity index is 1.71. The van der Waals surface area contributed by atoms with Crippen molar-refractivity contribution in [1.29, 1.82) is 0 Å². The highest BCUT2D eigenvalue weighted by Gasteiger charge is 2.05. The Morgan fingerprint density at radius 3 is 3.00 bits per heavy atom. The molecule has 5 nitrogen and oxygen atoms in total. The first-order chi connectivity index (χ1) is 9.22. The molecule has 0 amide bonds. The van der Waals surface area contributed by atoms with E-state index in [0.717, 1.165) is 40.7 Å². The van der Waals surface area contributed by atoms with Crippen molar-refractivity contribution < 1.29 is 0 Å². The maximum absolute atomic E-state index is 4.45. The quantitative estimate of drug-likeness (QED) is 0.793. The van der Waals surface area contributed by atoms with E-state index in [1.54, 1.807) is 17.5 Å². The highest BCUT2D eigenvalue weighted by molar-refractivity contribution is 7.09. The molecule has 0 aromatic carbocycles. The van der Waals surface area contributed by atoms with Gasteiger partial charge in [0.05, 0.1) is 10.7 Å². The van der Waals surface area contributed by atoms with Gasteiger partial charge in [0, 0.05) is 36.4 Å². The molecule has 0 saturated heterocycles. The summed E-state index contributed by atoms with van der Waals surface area (Å²) in [7, 11) is 0. The number of nitrogens with zero attached hydrogens (tertiary/aromatic N) is 4. The third-order valence-corrected chi connectivity index (χ3v) is 3.84. The Labute approximate surface area is 115 Å². The molecule has 0 aliphatic carbocycles. The molecule has 0 atom stereocenters. The van der Waals surface area contributed by atoms with Gasteiger partial charge < -0.3 is 5.32 Å². The molecule has 6 heteroatoms. The lowest BCUT2D eigenvalue weighted by atomic mass is 10.4. The van der Waals surface area contributed by atoms with Crippen molar-refractivity contribution in [2.45, 2.75) is 20.3 Å². The Hall–Kier alpha value is -1.95. The summed E-state index contributed by atoms with van der Waals surface area (Å²) in [5.74, 6) is 0.872. The minimum atomic E-state index is 0.823. The van der Waals surface area contributed by atoms with Gasteiger partial charge in [-0.2, -0.15) is 5.10 Å².